The van der Waals surface area contributed by atoms with Gasteiger partial charge in [-0.3, -0.25) is 10.1 Å². The van der Waals surface area contributed by atoms with Crippen molar-refractivity contribution < 1.29 is 33.4 Å². The average Bonchev–Trinajstić information content (AvgIpc) is 3.08. The Bertz CT molecular complexity index is 848. The smallest absolute Gasteiger partial charge is 0.350 e. The van der Waals surface area contributed by atoms with E-state index in [-0.39, 0.29) is 29.6 Å². The highest BCUT2D eigenvalue weighted by Gasteiger charge is 2.26. The molecule has 0 aromatic heterocycles. The number of esters is 1. The molecular weight excluding hydrogens is 334 g/mol. The highest BCUT2D eigenvalue weighted by Crippen LogP contribution is 2.37. The third kappa shape index (κ3) is 3.11. The van der Waals surface area contributed by atoms with Crippen molar-refractivity contribution in [1.29, 1.82) is 0 Å². The largest absolute Gasteiger partial charge is 0.493 e. The fourth-order valence-corrected chi connectivity index (χ4v) is 2.29. The van der Waals surface area contributed by atoms with Crippen LogP contribution < -0.4 is 23.7 Å². The van der Waals surface area contributed by atoms with Gasteiger partial charge in [-0.15, -0.1) is 0 Å². The molecule has 0 N–H and O–H groups in total. The third-order valence-corrected chi connectivity index (χ3v) is 3.47. The third-order valence-electron chi connectivity index (χ3n) is 3.47. The van der Waals surface area contributed by atoms with Crippen LogP contribution in [0.25, 0.3) is 0 Å². The molecular formula is C16H13NO8. The van der Waals surface area contributed by atoms with Crippen LogP contribution in [0, 0.1) is 10.1 Å². The molecule has 0 saturated heterocycles. The molecule has 0 atom stereocenters. The molecule has 0 bridgehead atoms. The number of benzene rings is 2. The molecule has 3 rings (SSSR count). The first-order chi connectivity index (χ1) is 12.0. The minimum absolute atomic E-state index is 0.0773. The summed E-state index contributed by atoms with van der Waals surface area (Å²) in [7, 11) is 2.70. The predicted molar refractivity (Wildman–Crippen MR) is 83.7 cm³/mol. The van der Waals surface area contributed by atoms with Crippen LogP contribution in [0.15, 0.2) is 30.3 Å². The van der Waals surface area contributed by atoms with Crippen molar-refractivity contribution in [2.45, 2.75) is 0 Å². The molecule has 0 aliphatic carbocycles. The molecule has 9 nitrogen and oxygen atoms in total. The number of carbonyl (C=O) groups excluding carboxylic acids is 1. The van der Waals surface area contributed by atoms with E-state index in [9.17, 15) is 14.9 Å². The summed E-state index contributed by atoms with van der Waals surface area (Å²) in [6.07, 6.45) is 0. The SMILES string of the molecule is COc1cc(C(=O)Oc2ccc3c(c2)OCO3)c([N+](=O)[O-])cc1OC. The maximum Gasteiger partial charge on any atom is 0.350 e. The second-order valence-corrected chi connectivity index (χ2v) is 4.89. The zero-order valence-electron chi connectivity index (χ0n) is 13.3. The van der Waals surface area contributed by atoms with Crippen LogP contribution >= 0.6 is 0 Å². The van der Waals surface area contributed by atoms with Gasteiger partial charge in [-0.2, -0.15) is 0 Å². The first kappa shape index (κ1) is 16.4. The number of fused-ring (bicyclic) bond motifs is 1. The molecule has 0 unspecified atom stereocenters. The van der Waals surface area contributed by atoms with Gasteiger partial charge in [0.25, 0.3) is 5.69 Å². The average molecular weight is 347 g/mol. The Morgan fingerprint density at radius 3 is 2.44 bits per heavy atom. The zero-order chi connectivity index (χ0) is 18.0. The van der Waals surface area contributed by atoms with E-state index in [1.165, 1.54) is 32.4 Å². The van der Waals surface area contributed by atoms with E-state index in [4.69, 9.17) is 23.7 Å². The lowest BCUT2D eigenvalue weighted by atomic mass is 10.1. The van der Waals surface area contributed by atoms with Gasteiger partial charge >= 0.3 is 5.97 Å². The lowest BCUT2D eigenvalue weighted by Gasteiger charge is -2.10. The second-order valence-electron chi connectivity index (χ2n) is 4.89. The normalized spacial score (nSPS) is 11.8. The van der Waals surface area contributed by atoms with Crippen molar-refractivity contribution in [3.8, 4) is 28.7 Å². The van der Waals surface area contributed by atoms with Crippen molar-refractivity contribution in [2.24, 2.45) is 0 Å². The number of hydrogen-bond acceptors (Lipinski definition) is 8. The van der Waals surface area contributed by atoms with Gasteiger partial charge in [-0.05, 0) is 12.1 Å². The lowest BCUT2D eigenvalue weighted by Crippen LogP contribution is -2.12. The molecule has 0 saturated carbocycles. The number of hydrogen-bond donors (Lipinski definition) is 0. The van der Waals surface area contributed by atoms with Crippen LogP contribution in [0.2, 0.25) is 0 Å². The molecule has 1 aliphatic rings. The van der Waals surface area contributed by atoms with E-state index in [1.54, 1.807) is 6.07 Å². The summed E-state index contributed by atoms with van der Waals surface area (Å²) in [5.74, 6) is 0.508. The van der Waals surface area contributed by atoms with Crippen molar-refractivity contribution >= 4 is 11.7 Å². The van der Waals surface area contributed by atoms with Crippen LogP contribution in [0.1, 0.15) is 10.4 Å². The van der Waals surface area contributed by atoms with E-state index in [1.807, 2.05) is 0 Å². The predicted octanol–water partition coefficient (Wildman–Crippen LogP) is 2.56. The Morgan fingerprint density at radius 1 is 1.08 bits per heavy atom. The number of methoxy groups -OCH3 is 2. The van der Waals surface area contributed by atoms with Crippen molar-refractivity contribution in [3.05, 3.63) is 46.0 Å². The summed E-state index contributed by atoms with van der Waals surface area (Å²) in [5.41, 5.74) is -0.719. The molecule has 0 radical (unpaired) electrons. The van der Waals surface area contributed by atoms with E-state index in [2.05, 4.69) is 0 Å². The number of nitrogens with zero attached hydrogens (tertiary/aromatic N) is 1. The molecule has 2 aromatic rings. The Hall–Kier alpha value is -3.49. The lowest BCUT2D eigenvalue weighted by molar-refractivity contribution is -0.385. The van der Waals surface area contributed by atoms with E-state index < -0.39 is 16.6 Å². The number of nitro groups is 1. The number of nitro benzene ring substituents is 1. The van der Waals surface area contributed by atoms with Crippen LogP contribution in [0.3, 0.4) is 0 Å². The van der Waals surface area contributed by atoms with Gasteiger partial charge < -0.3 is 23.7 Å². The second kappa shape index (κ2) is 6.56. The minimum Gasteiger partial charge on any atom is -0.493 e. The minimum atomic E-state index is -0.911. The van der Waals surface area contributed by atoms with Crippen molar-refractivity contribution in [2.75, 3.05) is 21.0 Å². The summed E-state index contributed by atoms with van der Waals surface area (Å²) in [4.78, 5) is 23.0. The summed E-state index contributed by atoms with van der Waals surface area (Å²) < 4.78 is 25.7. The Kier molecular flexibility index (Phi) is 4.29. The van der Waals surface area contributed by atoms with Gasteiger partial charge in [-0.25, -0.2) is 4.79 Å². The Labute approximate surface area is 141 Å². The monoisotopic (exact) mass is 347 g/mol. The Balaban J connectivity index is 1.94. The van der Waals surface area contributed by atoms with Crippen LogP contribution in [-0.2, 0) is 0 Å². The van der Waals surface area contributed by atoms with Crippen LogP contribution in [0.5, 0.6) is 28.7 Å². The quantitative estimate of drug-likeness (QED) is 0.351. The van der Waals surface area contributed by atoms with Crippen molar-refractivity contribution in [3.63, 3.8) is 0 Å². The summed E-state index contributed by atoms with van der Waals surface area (Å²) >= 11 is 0. The van der Waals surface area contributed by atoms with E-state index in [0.717, 1.165) is 6.07 Å². The fourth-order valence-electron chi connectivity index (χ4n) is 2.29. The van der Waals surface area contributed by atoms with Gasteiger partial charge in [0, 0.05) is 12.1 Å². The summed E-state index contributed by atoms with van der Waals surface area (Å²) in [5, 5.41) is 11.3. The summed E-state index contributed by atoms with van der Waals surface area (Å²) in [6, 6.07) is 6.85. The molecule has 1 aliphatic heterocycles. The fraction of sp³-hybridized carbons (Fsp3) is 0.188. The maximum absolute atomic E-state index is 12.4. The van der Waals surface area contributed by atoms with Gasteiger partial charge in [0.05, 0.1) is 25.2 Å². The Morgan fingerprint density at radius 2 is 1.76 bits per heavy atom. The molecule has 0 fully saturated rings. The molecule has 0 spiro atoms. The van der Waals surface area contributed by atoms with E-state index in [0.29, 0.717) is 11.5 Å². The first-order valence-corrected chi connectivity index (χ1v) is 7.05. The van der Waals surface area contributed by atoms with E-state index >= 15 is 0 Å². The molecule has 0 amide bonds. The highest BCUT2D eigenvalue weighted by atomic mass is 16.7. The van der Waals surface area contributed by atoms with Gasteiger partial charge in [-0.1, -0.05) is 0 Å². The standard InChI is InChI=1S/C16H13NO8/c1-21-13-6-10(11(17(19)20)7-14(13)22-2)16(18)25-9-3-4-12-15(5-9)24-8-23-12/h3-7H,8H2,1-2H3. The molecule has 1 heterocycles. The number of ether oxygens (including phenoxy) is 5. The molecule has 2 aromatic carbocycles. The number of carbonyl (C=O) groups is 1. The van der Waals surface area contributed by atoms with Gasteiger partial charge in [0.2, 0.25) is 6.79 Å². The summed E-state index contributed by atoms with van der Waals surface area (Å²) in [6.45, 7) is 0.0773. The van der Waals surface area contributed by atoms with Crippen LogP contribution in [-0.4, -0.2) is 31.9 Å². The number of rotatable bonds is 5. The zero-order valence-corrected chi connectivity index (χ0v) is 13.3. The highest BCUT2D eigenvalue weighted by molar-refractivity contribution is 5.96. The molecule has 9 heteroatoms. The molecule has 25 heavy (non-hydrogen) atoms. The topological polar surface area (TPSA) is 106 Å². The van der Waals surface area contributed by atoms with Crippen molar-refractivity contribution in [1.82, 2.24) is 0 Å². The van der Waals surface area contributed by atoms with Crippen LogP contribution in [0.4, 0.5) is 5.69 Å². The molecule has 130 valence electrons. The van der Waals surface area contributed by atoms with Gasteiger partial charge in [0.15, 0.2) is 23.0 Å². The first-order valence-electron chi connectivity index (χ1n) is 7.05. The maximum atomic E-state index is 12.4. The van der Waals surface area contributed by atoms with Gasteiger partial charge in [0.1, 0.15) is 11.3 Å².